The molecule has 3 aliphatic rings. The van der Waals surface area contributed by atoms with Gasteiger partial charge in [-0.25, -0.2) is 0 Å². The van der Waals surface area contributed by atoms with E-state index in [-0.39, 0.29) is 11.6 Å². The molecule has 0 atom stereocenters. The molecule has 0 aromatic carbocycles. The second-order valence-electron chi connectivity index (χ2n) is 7.40. The van der Waals surface area contributed by atoms with Crippen molar-refractivity contribution in [2.45, 2.75) is 44.3 Å². The number of anilines is 1. The van der Waals surface area contributed by atoms with Crippen LogP contribution in [0.4, 0.5) is 11.5 Å². The third-order valence-electron chi connectivity index (χ3n) is 6.10. The first-order valence-electron chi connectivity index (χ1n) is 9.29. The Bertz CT molecular complexity index is 597. The summed E-state index contributed by atoms with van der Waals surface area (Å²) in [6, 6.07) is 3.30. The van der Waals surface area contributed by atoms with Crippen molar-refractivity contribution in [1.82, 2.24) is 4.98 Å². The molecule has 0 amide bonds. The summed E-state index contributed by atoms with van der Waals surface area (Å²) in [4.78, 5) is 16.5. The fraction of sp³-hybridized carbons (Fsp3) is 0.722. The van der Waals surface area contributed by atoms with Crippen LogP contribution >= 0.6 is 0 Å². The highest BCUT2D eigenvalue weighted by molar-refractivity contribution is 5.46. The Kier molecular flexibility index (Phi) is 4.60. The normalized spacial score (nSPS) is 24.7. The van der Waals surface area contributed by atoms with Crippen LogP contribution in [0.25, 0.3) is 0 Å². The van der Waals surface area contributed by atoms with Gasteiger partial charge in [-0.05, 0) is 53.5 Å². The van der Waals surface area contributed by atoms with Gasteiger partial charge in [-0.2, -0.15) is 0 Å². The van der Waals surface area contributed by atoms with Gasteiger partial charge in [0, 0.05) is 32.0 Å². The monoisotopic (exact) mass is 347 g/mol. The van der Waals surface area contributed by atoms with Crippen LogP contribution in [0.1, 0.15) is 38.5 Å². The molecule has 1 saturated carbocycles. The zero-order chi connectivity index (χ0) is 17.3. The topological polar surface area (TPSA) is 77.7 Å². The smallest absolute Gasteiger partial charge is 0.363 e. The average molecular weight is 347 g/mol. The largest absolute Gasteiger partial charge is 0.368 e. The Morgan fingerprint density at radius 1 is 1.08 bits per heavy atom. The number of pyridine rings is 1. The molecule has 3 fully saturated rings. The third-order valence-corrected chi connectivity index (χ3v) is 6.10. The van der Waals surface area contributed by atoms with Crippen molar-refractivity contribution >= 4 is 11.5 Å². The van der Waals surface area contributed by atoms with Crippen molar-refractivity contribution in [3.63, 3.8) is 0 Å². The van der Waals surface area contributed by atoms with Crippen LogP contribution in [-0.4, -0.2) is 42.0 Å². The Morgan fingerprint density at radius 3 is 2.28 bits per heavy atom. The van der Waals surface area contributed by atoms with Crippen molar-refractivity contribution in [2.24, 2.45) is 11.8 Å². The maximum absolute atomic E-state index is 10.7. The predicted octanol–water partition coefficient (Wildman–Crippen LogP) is 3.14. The van der Waals surface area contributed by atoms with E-state index in [9.17, 15) is 10.1 Å². The van der Waals surface area contributed by atoms with Crippen LogP contribution in [0.5, 0.6) is 0 Å². The summed E-state index contributed by atoms with van der Waals surface area (Å²) >= 11 is 0. The first-order valence-corrected chi connectivity index (χ1v) is 9.29. The first-order chi connectivity index (χ1) is 12.2. The van der Waals surface area contributed by atoms with Gasteiger partial charge >= 0.3 is 5.82 Å². The van der Waals surface area contributed by atoms with E-state index < -0.39 is 4.92 Å². The molecule has 2 aliphatic heterocycles. The lowest BCUT2D eigenvalue weighted by Crippen LogP contribution is -2.40. The maximum atomic E-state index is 10.7. The van der Waals surface area contributed by atoms with Gasteiger partial charge in [0.05, 0.1) is 18.9 Å². The number of hydrogen-bond acceptors (Lipinski definition) is 6. The number of piperidine rings is 1. The van der Waals surface area contributed by atoms with Crippen LogP contribution in [-0.2, 0) is 9.47 Å². The van der Waals surface area contributed by atoms with E-state index in [0.29, 0.717) is 0 Å². The quantitative estimate of drug-likeness (QED) is 0.617. The Morgan fingerprint density at radius 2 is 1.72 bits per heavy atom. The molecule has 1 aromatic rings. The van der Waals surface area contributed by atoms with E-state index in [1.54, 1.807) is 6.20 Å². The van der Waals surface area contributed by atoms with Crippen molar-refractivity contribution < 1.29 is 14.4 Å². The summed E-state index contributed by atoms with van der Waals surface area (Å²) in [6.07, 6.45) is 8.44. The Labute approximate surface area is 147 Å². The highest BCUT2D eigenvalue weighted by atomic mass is 16.7. The van der Waals surface area contributed by atoms with Gasteiger partial charge in [0.15, 0.2) is 12.0 Å². The lowest BCUT2D eigenvalue weighted by Gasteiger charge is -2.41. The summed E-state index contributed by atoms with van der Waals surface area (Å²) in [7, 11) is 0. The molecule has 136 valence electrons. The Hall–Kier alpha value is -1.73. The van der Waals surface area contributed by atoms with Crippen LogP contribution in [0.3, 0.4) is 0 Å². The summed E-state index contributed by atoms with van der Waals surface area (Å²) in [5.41, 5.74) is 0.986. The molecule has 0 radical (unpaired) electrons. The highest BCUT2D eigenvalue weighted by Crippen LogP contribution is 2.43. The van der Waals surface area contributed by atoms with Crippen molar-refractivity contribution in [3.05, 3.63) is 28.4 Å². The summed E-state index contributed by atoms with van der Waals surface area (Å²) < 4.78 is 11.7. The molecule has 1 aromatic heterocycles. The molecule has 0 unspecified atom stereocenters. The van der Waals surface area contributed by atoms with Crippen LogP contribution < -0.4 is 4.90 Å². The van der Waals surface area contributed by atoms with E-state index in [0.717, 1.165) is 56.7 Å². The standard InChI is InChI=1S/C18H25N3O4/c22-21(23)17-2-1-16(13-19-17)20-9-5-15(6-10-20)14-3-7-18(8-4-14)24-11-12-25-18/h1-2,13-15H,3-12H2. The lowest BCUT2D eigenvalue weighted by molar-refractivity contribution is -0.389. The highest BCUT2D eigenvalue weighted by Gasteiger charge is 2.42. The summed E-state index contributed by atoms with van der Waals surface area (Å²) in [5, 5.41) is 10.7. The van der Waals surface area contributed by atoms with Crippen LogP contribution in [0.2, 0.25) is 0 Å². The number of hydrogen-bond donors (Lipinski definition) is 0. The predicted molar refractivity (Wildman–Crippen MR) is 92.4 cm³/mol. The number of ether oxygens (including phenoxy) is 2. The van der Waals surface area contributed by atoms with E-state index in [2.05, 4.69) is 9.88 Å². The Balaban J connectivity index is 1.29. The van der Waals surface area contributed by atoms with Crippen molar-refractivity contribution in [1.29, 1.82) is 0 Å². The van der Waals surface area contributed by atoms with E-state index in [4.69, 9.17) is 9.47 Å². The zero-order valence-electron chi connectivity index (χ0n) is 14.4. The van der Waals surface area contributed by atoms with Gasteiger partial charge in [0.1, 0.15) is 0 Å². The summed E-state index contributed by atoms with van der Waals surface area (Å²) in [6.45, 7) is 3.48. The SMILES string of the molecule is O=[N+]([O-])c1ccc(N2CCC(C3CCC4(CC3)OCCO4)CC2)cn1. The van der Waals surface area contributed by atoms with Crippen LogP contribution in [0, 0.1) is 22.0 Å². The molecule has 1 spiro atoms. The summed E-state index contributed by atoms with van der Waals surface area (Å²) in [5.74, 6) is 1.18. The zero-order valence-corrected chi connectivity index (χ0v) is 14.4. The maximum Gasteiger partial charge on any atom is 0.363 e. The fourth-order valence-corrected chi connectivity index (χ4v) is 4.64. The van der Waals surface area contributed by atoms with E-state index in [1.165, 1.54) is 31.7 Å². The average Bonchev–Trinajstić information content (AvgIpc) is 3.11. The van der Waals surface area contributed by atoms with E-state index in [1.807, 2.05) is 6.07 Å². The molecule has 4 rings (SSSR count). The van der Waals surface area contributed by atoms with Gasteiger partial charge in [-0.15, -0.1) is 0 Å². The molecule has 25 heavy (non-hydrogen) atoms. The molecule has 1 aliphatic carbocycles. The molecule has 3 heterocycles. The number of nitro groups is 1. The molecule has 0 N–H and O–H groups in total. The lowest BCUT2D eigenvalue weighted by atomic mass is 9.74. The van der Waals surface area contributed by atoms with Gasteiger partial charge in [0.2, 0.25) is 0 Å². The van der Waals surface area contributed by atoms with Gasteiger partial charge < -0.3 is 24.5 Å². The second kappa shape index (κ2) is 6.88. The van der Waals surface area contributed by atoms with Crippen molar-refractivity contribution in [3.8, 4) is 0 Å². The molecule has 0 bridgehead atoms. The van der Waals surface area contributed by atoms with Crippen LogP contribution in [0.15, 0.2) is 18.3 Å². The molecular weight excluding hydrogens is 322 g/mol. The van der Waals surface area contributed by atoms with Gasteiger partial charge in [0.25, 0.3) is 0 Å². The van der Waals surface area contributed by atoms with Crippen molar-refractivity contribution in [2.75, 3.05) is 31.2 Å². The molecule has 2 saturated heterocycles. The third kappa shape index (κ3) is 3.48. The van der Waals surface area contributed by atoms with E-state index >= 15 is 0 Å². The second-order valence-corrected chi connectivity index (χ2v) is 7.40. The van der Waals surface area contributed by atoms with Gasteiger partial charge in [-0.1, -0.05) is 0 Å². The molecule has 7 nitrogen and oxygen atoms in total. The fourth-order valence-electron chi connectivity index (χ4n) is 4.64. The molecule has 7 heteroatoms. The number of nitrogens with zero attached hydrogens (tertiary/aromatic N) is 3. The number of aromatic nitrogens is 1. The first kappa shape index (κ1) is 16.7. The number of rotatable bonds is 3. The minimum Gasteiger partial charge on any atom is -0.368 e. The minimum atomic E-state index is -0.455. The minimum absolute atomic E-state index is 0.0916. The van der Waals surface area contributed by atoms with Gasteiger partial charge in [-0.3, -0.25) is 0 Å². The molecular formula is C18H25N3O4.